The summed E-state index contributed by atoms with van der Waals surface area (Å²) in [7, 11) is 0. The molecular weight excluding hydrogens is 382 g/mol. The first-order valence-electron chi connectivity index (χ1n) is 9.43. The number of fused-ring (bicyclic) bond motifs is 1. The lowest BCUT2D eigenvalue weighted by molar-refractivity contribution is 0.102. The Balaban J connectivity index is 1.79. The van der Waals surface area contributed by atoms with Crippen LogP contribution in [-0.4, -0.2) is 15.3 Å². The summed E-state index contributed by atoms with van der Waals surface area (Å²) in [5.41, 5.74) is 4.04. The zero-order valence-electron chi connectivity index (χ0n) is 16.5. The molecule has 0 saturated carbocycles. The van der Waals surface area contributed by atoms with Gasteiger partial charge in [0, 0.05) is 17.3 Å². The summed E-state index contributed by atoms with van der Waals surface area (Å²) >= 11 is 1.38. The van der Waals surface area contributed by atoms with Crippen LogP contribution >= 0.6 is 11.3 Å². The van der Waals surface area contributed by atoms with Crippen molar-refractivity contribution in [2.75, 3.05) is 5.32 Å². The molecule has 0 saturated heterocycles. The van der Waals surface area contributed by atoms with E-state index in [0.717, 1.165) is 28.1 Å². The molecule has 0 atom stereocenters. The Bertz CT molecular complexity index is 1260. The van der Waals surface area contributed by atoms with Crippen LogP contribution in [0.25, 0.3) is 16.2 Å². The van der Waals surface area contributed by atoms with E-state index in [9.17, 15) is 9.59 Å². The quantitative estimate of drug-likeness (QED) is 0.515. The molecule has 6 heteroatoms. The maximum Gasteiger partial charge on any atom is 0.271 e. The van der Waals surface area contributed by atoms with Crippen molar-refractivity contribution in [1.82, 2.24) is 9.38 Å². The van der Waals surface area contributed by atoms with Crippen LogP contribution < -0.4 is 10.9 Å². The molecule has 29 heavy (non-hydrogen) atoms. The number of para-hydroxylation sites is 1. The lowest BCUT2D eigenvalue weighted by Gasteiger charge is -2.16. The predicted molar refractivity (Wildman–Crippen MR) is 118 cm³/mol. The second-order valence-corrected chi connectivity index (χ2v) is 8.07. The van der Waals surface area contributed by atoms with E-state index in [0.29, 0.717) is 4.96 Å². The highest BCUT2D eigenvalue weighted by atomic mass is 32.1. The number of hydrogen-bond donors (Lipinski definition) is 1. The highest BCUT2D eigenvalue weighted by Gasteiger charge is 2.19. The molecule has 4 aromatic rings. The number of carbonyl (C=O) groups excluding carboxylic acids is 1. The Kier molecular flexibility index (Phi) is 5.03. The minimum absolute atomic E-state index is 0.0241. The Labute approximate surface area is 172 Å². The van der Waals surface area contributed by atoms with E-state index in [1.165, 1.54) is 21.9 Å². The molecule has 0 aliphatic heterocycles. The van der Waals surface area contributed by atoms with Gasteiger partial charge in [0.15, 0.2) is 4.96 Å². The van der Waals surface area contributed by atoms with E-state index in [-0.39, 0.29) is 17.0 Å². The minimum atomic E-state index is -0.446. The molecule has 0 fully saturated rings. The van der Waals surface area contributed by atoms with Crippen LogP contribution in [0.4, 0.5) is 5.69 Å². The van der Waals surface area contributed by atoms with Crippen LogP contribution in [0.5, 0.6) is 0 Å². The van der Waals surface area contributed by atoms with Gasteiger partial charge in [-0.3, -0.25) is 14.0 Å². The molecule has 2 aromatic carbocycles. The molecule has 0 unspecified atom stereocenters. The van der Waals surface area contributed by atoms with Crippen LogP contribution in [0, 0.1) is 6.92 Å². The van der Waals surface area contributed by atoms with E-state index in [2.05, 4.69) is 24.1 Å². The zero-order valence-corrected chi connectivity index (χ0v) is 17.3. The van der Waals surface area contributed by atoms with E-state index >= 15 is 0 Å². The van der Waals surface area contributed by atoms with Crippen molar-refractivity contribution in [2.45, 2.75) is 26.7 Å². The summed E-state index contributed by atoms with van der Waals surface area (Å²) in [6.07, 6.45) is 1.37. The van der Waals surface area contributed by atoms with Crippen molar-refractivity contribution in [3.63, 3.8) is 0 Å². The third kappa shape index (κ3) is 3.47. The third-order valence-electron chi connectivity index (χ3n) is 4.93. The topological polar surface area (TPSA) is 63.5 Å². The number of hydrogen-bond acceptors (Lipinski definition) is 4. The second kappa shape index (κ2) is 7.64. The van der Waals surface area contributed by atoms with Gasteiger partial charge < -0.3 is 5.32 Å². The number of rotatable bonds is 4. The molecule has 146 valence electrons. The summed E-state index contributed by atoms with van der Waals surface area (Å²) in [6, 6.07) is 15.5. The Morgan fingerprint density at radius 1 is 1.10 bits per heavy atom. The first-order chi connectivity index (χ1) is 14.0. The maximum atomic E-state index is 13.2. The Morgan fingerprint density at radius 3 is 2.59 bits per heavy atom. The van der Waals surface area contributed by atoms with E-state index in [1.54, 1.807) is 0 Å². The molecule has 0 aliphatic carbocycles. The number of nitrogens with zero attached hydrogens (tertiary/aromatic N) is 2. The first-order valence-corrected chi connectivity index (χ1v) is 10.3. The smallest absolute Gasteiger partial charge is 0.271 e. The third-order valence-corrected chi connectivity index (χ3v) is 5.77. The van der Waals surface area contributed by atoms with Gasteiger partial charge in [-0.25, -0.2) is 4.98 Å². The van der Waals surface area contributed by atoms with Crippen LogP contribution in [0.1, 0.15) is 41.3 Å². The number of anilines is 1. The molecular formula is C23H21N3O2S. The van der Waals surface area contributed by atoms with Crippen LogP contribution in [0.15, 0.2) is 64.9 Å². The standard InChI is InChI=1S/C23H21N3O2S/c1-14(2)17-11-7-8-15(3)20(17)25-21(27)18-12-24-23-26(22(18)28)19(13-29-23)16-9-5-4-6-10-16/h4-14H,1-3H3,(H,25,27). The van der Waals surface area contributed by atoms with Crippen molar-refractivity contribution in [2.24, 2.45) is 0 Å². The normalized spacial score (nSPS) is 11.2. The number of nitrogens with one attached hydrogen (secondary N) is 1. The first kappa shape index (κ1) is 19.1. The van der Waals surface area contributed by atoms with Gasteiger partial charge in [0.1, 0.15) is 5.56 Å². The monoisotopic (exact) mass is 403 g/mol. The Morgan fingerprint density at radius 2 is 1.86 bits per heavy atom. The molecule has 0 bridgehead atoms. The average molecular weight is 404 g/mol. The van der Waals surface area contributed by atoms with Crippen molar-refractivity contribution in [3.8, 4) is 11.3 Å². The number of amides is 1. The number of benzene rings is 2. The molecule has 1 amide bonds. The van der Waals surface area contributed by atoms with Crippen molar-refractivity contribution >= 4 is 27.9 Å². The summed E-state index contributed by atoms with van der Waals surface area (Å²) in [4.78, 5) is 31.1. The average Bonchev–Trinajstić information content (AvgIpc) is 3.15. The van der Waals surface area contributed by atoms with Crippen LogP contribution in [0.3, 0.4) is 0 Å². The van der Waals surface area contributed by atoms with E-state index in [1.807, 2.05) is 60.8 Å². The molecule has 0 aliphatic rings. The minimum Gasteiger partial charge on any atom is -0.321 e. The van der Waals surface area contributed by atoms with Crippen LogP contribution in [0.2, 0.25) is 0 Å². The summed E-state index contributed by atoms with van der Waals surface area (Å²) in [5.74, 6) is -0.202. The summed E-state index contributed by atoms with van der Waals surface area (Å²) in [5, 5.41) is 4.83. The van der Waals surface area contributed by atoms with Crippen molar-refractivity contribution in [1.29, 1.82) is 0 Å². The number of aryl methyl sites for hydroxylation is 1. The molecule has 0 spiro atoms. The fourth-order valence-corrected chi connectivity index (χ4v) is 4.24. The molecule has 0 radical (unpaired) electrons. The van der Waals surface area contributed by atoms with Gasteiger partial charge in [-0.05, 0) is 29.5 Å². The van der Waals surface area contributed by atoms with Crippen LogP contribution in [-0.2, 0) is 0 Å². The van der Waals surface area contributed by atoms with Gasteiger partial charge in [0.25, 0.3) is 11.5 Å². The van der Waals surface area contributed by atoms with Crippen molar-refractivity contribution < 1.29 is 4.79 Å². The number of aromatic nitrogens is 2. The summed E-state index contributed by atoms with van der Waals surface area (Å²) < 4.78 is 1.51. The summed E-state index contributed by atoms with van der Waals surface area (Å²) in [6.45, 7) is 6.09. The van der Waals surface area contributed by atoms with Gasteiger partial charge in [0.2, 0.25) is 0 Å². The van der Waals surface area contributed by atoms with E-state index < -0.39 is 5.91 Å². The van der Waals surface area contributed by atoms with Gasteiger partial charge in [-0.15, -0.1) is 11.3 Å². The lowest BCUT2D eigenvalue weighted by Crippen LogP contribution is -2.27. The lowest BCUT2D eigenvalue weighted by atomic mass is 9.98. The Hall–Kier alpha value is -3.25. The zero-order chi connectivity index (χ0) is 20.5. The molecule has 2 heterocycles. The highest BCUT2D eigenvalue weighted by Crippen LogP contribution is 2.28. The van der Waals surface area contributed by atoms with Gasteiger partial charge >= 0.3 is 0 Å². The van der Waals surface area contributed by atoms with Gasteiger partial charge in [-0.2, -0.15) is 0 Å². The fourth-order valence-electron chi connectivity index (χ4n) is 3.38. The number of thiazole rings is 1. The molecule has 5 nitrogen and oxygen atoms in total. The fraction of sp³-hybridized carbons (Fsp3) is 0.174. The number of carbonyl (C=O) groups is 1. The highest BCUT2D eigenvalue weighted by molar-refractivity contribution is 7.15. The molecule has 2 aromatic heterocycles. The molecule has 4 rings (SSSR count). The predicted octanol–water partition coefficient (Wildman–Crippen LogP) is 5.11. The molecule has 1 N–H and O–H groups in total. The van der Waals surface area contributed by atoms with Gasteiger partial charge in [-0.1, -0.05) is 62.4 Å². The maximum absolute atomic E-state index is 13.2. The second-order valence-electron chi connectivity index (χ2n) is 7.23. The van der Waals surface area contributed by atoms with Gasteiger partial charge in [0.05, 0.1) is 5.69 Å². The van der Waals surface area contributed by atoms with E-state index in [4.69, 9.17) is 0 Å². The largest absolute Gasteiger partial charge is 0.321 e. The SMILES string of the molecule is Cc1cccc(C(C)C)c1NC(=O)c1cnc2scc(-c3ccccc3)n2c1=O. The van der Waals surface area contributed by atoms with Crippen molar-refractivity contribution in [3.05, 3.63) is 87.2 Å².